The monoisotopic (exact) mass is 412 g/mol. The number of aliphatic hydroxyl groups is 1. The minimum Gasteiger partial charge on any atom is -0.388 e. The Morgan fingerprint density at radius 2 is 1.00 bits per heavy atom. The van der Waals surface area contributed by atoms with Crippen LogP contribution in [0.4, 0.5) is 0 Å². The van der Waals surface area contributed by atoms with E-state index >= 15 is 0 Å². The molecule has 0 saturated heterocycles. The van der Waals surface area contributed by atoms with E-state index < -0.39 is 18.9 Å². The Balaban J connectivity index is 1.90. The third-order valence-electron chi connectivity index (χ3n) is 5.54. The second kappa shape index (κ2) is 9.26. The largest absolute Gasteiger partial charge is 0.388 e. The van der Waals surface area contributed by atoms with Crippen molar-refractivity contribution in [3.05, 3.63) is 132 Å². The molecule has 0 aliphatic rings. The molecule has 0 saturated carbocycles. The lowest BCUT2D eigenvalue weighted by Gasteiger charge is -2.32. The summed E-state index contributed by atoms with van der Waals surface area (Å²) in [5, 5.41) is 13.1. The Bertz CT molecular complexity index is 1050. The molecule has 4 rings (SSSR count). The van der Waals surface area contributed by atoms with Gasteiger partial charge in [0.05, 0.1) is 11.8 Å². The van der Waals surface area contributed by atoms with Crippen molar-refractivity contribution in [1.82, 2.24) is 0 Å². The van der Waals surface area contributed by atoms with Gasteiger partial charge in [0.1, 0.15) is 7.14 Å². The molecule has 0 aromatic heterocycles. The predicted octanol–water partition coefficient (Wildman–Crippen LogP) is 5.35. The van der Waals surface area contributed by atoms with Crippen LogP contribution in [0.15, 0.2) is 121 Å². The van der Waals surface area contributed by atoms with Crippen molar-refractivity contribution >= 4 is 17.8 Å². The minimum absolute atomic E-state index is 0.493. The lowest BCUT2D eigenvalue weighted by Crippen LogP contribution is -2.32. The first-order valence-corrected chi connectivity index (χ1v) is 11.9. The Morgan fingerprint density at radius 1 is 0.600 bits per heavy atom. The summed E-state index contributed by atoms with van der Waals surface area (Å²) in [5.74, 6) is 0. The first-order valence-electron chi connectivity index (χ1n) is 10.2. The molecule has 0 aliphatic carbocycles. The van der Waals surface area contributed by atoms with E-state index in [-0.39, 0.29) is 0 Å². The topological polar surface area (TPSA) is 37.3 Å². The Kier molecular flexibility index (Phi) is 6.28. The zero-order valence-electron chi connectivity index (χ0n) is 16.7. The minimum atomic E-state index is -3.17. The Labute approximate surface area is 178 Å². The summed E-state index contributed by atoms with van der Waals surface area (Å²) in [7, 11) is -3.17. The van der Waals surface area contributed by atoms with Gasteiger partial charge < -0.3 is 9.67 Å². The van der Waals surface area contributed by atoms with E-state index in [1.165, 1.54) is 0 Å². The lowest BCUT2D eigenvalue weighted by atomic mass is 10.0. The van der Waals surface area contributed by atoms with Gasteiger partial charge in [-0.2, -0.15) is 0 Å². The summed E-state index contributed by atoms with van der Waals surface area (Å²) in [4.78, 5) is 0. The SMILES string of the molecule is O=P(c1ccccc1)(c1ccccc1)[C@@H](Cc1ccccc1)[C@H](O)c1ccccc1. The van der Waals surface area contributed by atoms with Crippen molar-refractivity contribution in [1.29, 1.82) is 0 Å². The molecule has 0 spiro atoms. The highest BCUT2D eigenvalue weighted by Gasteiger charge is 2.41. The number of aliphatic hydroxyl groups excluding tert-OH is 1. The van der Waals surface area contributed by atoms with Crippen molar-refractivity contribution in [2.45, 2.75) is 18.2 Å². The van der Waals surface area contributed by atoms with E-state index in [1.54, 1.807) is 0 Å². The highest BCUT2D eigenvalue weighted by atomic mass is 31.2. The van der Waals surface area contributed by atoms with E-state index in [1.807, 2.05) is 121 Å². The lowest BCUT2D eigenvalue weighted by molar-refractivity contribution is 0.170. The maximum atomic E-state index is 15.0. The van der Waals surface area contributed by atoms with Crippen molar-refractivity contribution < 1.29 is 9.67 Å². The van der Waals surface area contributed by atoms with Crippen molar-refractivity contribution in [3.63, 3.8) is 0 Å². The molecule has 2 atom stereocenters. The zero-order valence-corrected chi connectivity index (χ0v) is 17.6. The maximum Gasteiger partial charge on any atom is 0.149 e. The Hall–Kier alpha value is -2.93. The molecule has 0 amide bonds. The fraction of sp³-hybridized carbons (Fsp3) is 0.111. The summed E-state index contributed by atoms with van der Waals surface area (Å²) in [6.45, 7) is 0. The maximum absolute atomic E-state index is 15.0. The first-order chi connectivity index (χ1) is 14.7. The molecule has 1 N–H and O–H groups in total. The van der Waals surface area contributed by atoms with Gasteiger partial charge in [-0.15, -0.1) is 0 Å². The summed E-state index contributed by atoms with van der Waals surface area (Å²) >= 11 is 0. The van der Waals surface area contributed by atoms with Crippen LogP contribution in [0.25, 0.3) is 0 Å². The molecule has 2 nitrogen and oxygen atoms in total. The van der Waals surface area contributed by atoms with Crippen LogP contribution in [0.2, 0.25) is 0 Å². The van der Waals surface area contributed by atoms with Crippen molar-refractivity contribution in [2.75, 3.05) is 0 Å². The fourth-order valence-electron chi connectivity index (χ4n) is 4.00. The molecule has 0 aliphatic heterocycles. The molecule has 150 valence electrons. The van der Waals surface area contributed by atoms with Gasteiger partial charge in [0, 0.05) is 10.6 Å². The number of rotatable bonds is 7. The van der Waals surface area contributed by atoms with Crippen LogP contribution in [-0.4, -0.2) is 10.8 Å². The number of hydrogen-bond donors (Lipinski definition) is 1. The normalized spacial score (nSPS) is 13.5. The molecule has 0 bridgehead atoms. The van der Waals surface area contributed by atoms with Crippen LogP contribution in [0, 0.1) is 0 Å². The van der Waals surface area contributed by atoms with Gasteiger partial charge in [0.25, 0.3) is 0 Å². The van der Waals surface area contributed by atoms with Crippen LogP contribution >= 0.6 is 7.14 Å². The van der Waals surface area contributed by atoms with E-state index in [9.17, 15) is 9.67 Å². The summed E-state index contributed by atoms with van der Waals surface area (Å²) in [6.07, 6.45) is -0.351. The second-order valence-electron chi connectivity index (χ2n) is 7.44. The average molecular weight is 412 g/mol. The molecule has 3 heteroatoms. The van der Waals surface area contributed by atoms with Crippen LogP contribution in [0.3, 0.4) is 0 Å². The van der Waals surface area contributed by atoms with Gasteiger partial charge in [0.15, 0.2) is 0 Å². The third-order valence-corrected chi connectivity index (χ3v) is 9.07. The van der Waals surface area contributed by atoms with Crippen molar-refractivity contribution in [3.8, 4) is 0 Å². The smallest absolute Gasteiger partial charge is 0.149 e. The van der Waals surface area contributed by atoms with Crippen molar-refractivity contribution in [2.24, 2.45) is 0 Å². The summed E-state index contributed by atoms with van der Waals surface area (Å²) < 4.78 is 15.0. The number of hydrogen-bond acceptors (Lipinski definition) is 2. The Morgan fingerprint density at radius 3 is 1.47 bits per heavy atom. The fourth-order valence-corrected chi connectivity index (χ4v) is 7.33. The highest BCUT2D eigenvalue weighted by Crippen LogP contribution is 2.54. The molecule has 30 heavy (non-hydrogen) atoms. The molecular formula is C27H25O2P. The molecule has 0 radical (unpaired) electrons. The predicted molar refractivity (Wildman–Crippen MR) is 125 cm³/mol. The highest BCUT2D eigenvalue weighted by molar-refractivity contribution is 7.79. The molecule has 0 fully saturated rings. The number of benzene rings is 4. The van der Waals surface area contributed by atoms with Gasteiger partial charge in [-0.05, 0) is 17.5 Å². The molecule has 4 aromatic carbocycles. The molecular weight excluding hydrogens is 387 g/mol. The van der Waals surface area contributed by atoms with Gasteiger partial charge in [-0.1, -0.05) is 121 Å². The van der Waals surface area contributed by atoms with E-state index in [4.69, 9.17) is 0 Å². The molecule has 4 aromatic rings. The van der Waals surface area contributed by atoms with Gasteiger partial charge >= 0.3 is 0 Å². The first kappa shape index (κ1) is 20.3. The van der Waals surface area contributed by atoms with Crippen LogP contribution in [-0.2, 0) is 11.0 Å². The van der Waals surface area contributed by atoms with Crippen LogP contribution in [0.1, 0.15) is 17.2 Å². The quantitative estimate of drug-likeness (QED) is 0.416. The third kappa shape index (κ3) is 4.16. The second-order valence-corrected chi connectivity index (χ2v) is 10.5. The van der Waals surface area contributed by atoms with E-state index in [0.717, 1.165) is 21.7 Å². The van der Waals surface area contributed by atoms with Gasteiger partial charge in [0.2, 0.25) is 0 Å². The molecule has 0 unspecified atom stereocenters. The van der Waals surface area contributed by atoms with Crippen LogP contribution in [0.5, 0.6) is 0 Å². The summed E-state index contributed by atoms with van der Waals surface area (Å²) in [5.41, 5.74) is 1.35. The zero-order chi connectivity index (χ0) is 20.8. The summed E-state index contributed by atoms with van der Waals surface area (Å²) in [6, 6.07) is 38.8. The van der Waals surface area contributed by atoms with Crippen LogP contribution < -0.4 is 10.6 Å². The van der Waals surface area contributed by atoms with E-state index in [0.29, 0.717) is 6.42 Å². The van der Waals surface area contributed by atoms with E-state index in [2.05, 4.69) is 0 Å². The molecule has 0 heterocycles. The van der Waals surface area contributed by atoms with Gasteiger partial charge in [-0.3, -0.25) is 0 Å². The average Bonchev–Trinajstić information content (AvgIpc) is 2.84. The van der Waals surface area contributed by atoms with Gasteiger partial charge in [-0.25, -0.2) is 0 Å². The standard InChI is InChI=1S/C27H25O2P/c28-27(23-15-7-2-8-16-23)26(21-22-13-5-1-6-14-22)30(29,24-17-9-3-10-18-24)25-19-11-4-12-20-25/h1-20,26-28H,21H2/t26-,27+/m0/s1.